The molecule has 2 nitrogen and oxygen atoms in total. The van der Waals surface area contributed by atoms with Crippen molar-refractivity contribution in [3.63, 3.8) is 0 Å². The number of ether oxygens (including phenoxy) is 1. The molecule has 1 fully saturated rings. The maximum atomic E-state index is 9.50. The minimum Gasteiger partial charge on any atom is -0.390 e. The fourth-order valence-corrected chi connectivity index (χ4v) is 3.41. The minimum atomic E-state index is -0.290. The van der Waals surface area contributed by atoms with E-state index < -0.39 is 0 Å². The third kappa shape index (κ3) is 4.67. The highest BCUT2D eigenvalue weighted by Crippen LogP contribution is 2.32. The normalized spacial score (nSPS) is 30.2. The summed E-state index contributed by atoms with van der Waals surface area (Å²) in [6.07, 6.45) is 5.11. The van der Waals surface area contributed by atoms with Crippen LogP contribution in [0.2, 0.25) is 0 Å². The number of rotatable bonds is 5. The van der Waals surface area contributed by atoms with Gasteiger partial charge in [0.2, 0.25) is 0 Å². The van der Waals surface area contributed by atoms with Crippen molar-refractivity contribution in [2.24, 2.45) is 5.92 Å². The molecule has 14 heavy (non-hydrogen) atoms. The summed E-state index contributed by atoms with van der Waals surface area (Å²) in [6.45, 7) is 2.80. The zero-order chi connectivity index (χ0) is 10.4. The smallest absolute Gasteiger partial charge is 0.0863 e. The molecule has 0 saturated heterocycles. The number of hydrogen-bond donors (Lipinski definition) is 1. The highest BCUT2D eigenvalue weighted by molar-refractivity contribution is 7.99. The van der Waals surface area contributed by atoms with Crippen molar-refractivity contribution >= 4 is 11.8 Å². The van der Waals surface area contributed by atoms with Crippen molar-refractivity contribution in [3.8, 4) is 0 Å². The van der Waals surface area contributed by atoms with Crippen LogP contribution in [0.15, 0.2) is 0 Å². The molecule has 0 aromatic carbocycles. The molecule has 1 N–H and O–H groups in total. The summed E-state index contributed by atoms with van der Waals surface area (Å²) in [5.41, 5.74) is 0. The van der Waals surface area contributed by atoms with Gasteiger partial charge in [-0.05, 0) is 18.8 Å². The van der Waals surface area contributed by atoms with Crippen LogP contribution in [0, 0.1) is 5.92 Å². The van der Waals surface area contributed by atoms with E-state index in [4.69, 9.17) is 4.74 Å². The van der Waals surface area contributed by atoms with Gasteiger partial charge in [-0.15, -0.1) is 0 Å². The first kappa shape index (κ1) is 12.3. The molecule has 1 aliphatic carbocycles. The monoisotopic (exact) mass is 218 g/mol. The van der Waals surface area contributed by atoms with E-state index in [1.807, 2.05) is 11.8 Å². The molecule has 1 saturated carbocycles. The molecule has 0 aromatic rings. The fourth-order valence-electron chi connectivity index (χ4n) is 2.02. The van der Waals surface area contributed by atoms with E-state index in [1.54, 1.807) is 7.11 Å². The fraction of sp³-hybridized carbons (Fsp3) is 1.00. The van der Waals surface area contributed by atoms with Crippen LogP contribution >= 0.6 is 11.8 Å². The molecule has 84 valence electrons. The number of hydrogen-bond acceptors (Lipinski definition) is 3. The molecule has 0 amide bonds. The summed E-state index contributed by atoms with van der Waals surface area (Å²) < 4.78 is 4.90. The van der Waals surface area contributed by atoms with Gasteiger partial charge in [0, 0.05) is 18.1 Å². The van der Waals surface area contributed by atoms with Crippen molar-refractivity contribution in [3.05, 3.63) is 0 Å². The molecule has 0 aliphatic heterocycles. The van der Waals surface area contributed by atoms with E-state index in [0.717, 1.165) is 16.9 Å². The van der Waals surface area contributed by atoms with Crippen molar-refractivity contribution in [1.82, 2.24) is 0 Å². The van der Waals surface area contributed by atoms with Crippen LogP contribution < -0.4 is 0 Å². The van der Waals surface area contributed by atoms with E-state index in [-0.39, 0.29) is 6.10 Å². The largest absolute Gasteiger partial charge is 0.390 e. The third-order valence-electron chi connectivity index (χ3n) is 2.77. The lowest BCUT2D eigenvalue weighted by Gasteiger charge is -2.26. The summed E-state index contributed by atoms with van der Waals surface area (Å²) in [7, 11) is 1.64. The summed E-state index contributed by atoms with van der Waals surface area (Å²) in [5.74, 6) is 1.70. The first-order chi connectivity index (χ1) is 6.72. The molecule has 0 spiro atoms. The van der Waals surface area contributed by atoms with Crippen LogP contribution in [0.25, 0.3) is 0 Å². The molecule has 0 heterocycles. The molecule has 3 atom stereocenters. The summed E-state index contributed by atoms with van der Waals surface area (Å²) >= 11 is 1.92. The molecule has 0 radical (unpaired) electrons. The predicted molar refractivity (Wildman–Crippen MR) is 61.8 cm³/mol. The van der Waals surface area contributed by atoms with Crippen molar-refractivity contribution in [2.75, 3.05) is 19.5 Å². The Morgan fingerprint density at radius 2 is 2.29 bits per heavy atom. The lowest BCUT2D eigenvalue weighted by Crippen LogP contribution is -2.21. The maximum Gasteiger partial charge on any atom is 0.0863 e. The van der Waals surface area contributed by atoms with Gasteiger partial charge in [-0.2, -0.15) is 11.8 Å². The third-order valence-corrected chi connectivity index (χ3v) is 4.25. The molecule has 3 unspecified atom stereocenters. The van der Waals surface area contributed by atoms with E-state index in [9.17, 15) is 5.11 Å². The van der Waals surface area contributed by atoms with Crippen LogP contribution in [-0.4, -0.2) is 35.9 Å². The lowest BCUT2D eigenvalue weighted by atomic mass is 9.91. The molecule has 0 aromatic heterocycles. The lowest BCUT2D eigenvalue weighted by molar-refractivity contribution is 0.0793. The molecule has 3 heteroatoms. The molecule has 1 aliphatic rings. The van der Waals surface area contributed by atoms with Crippen molar-refractivity contribution < 1.29 is 9.84 Å². The SMILES string of the molecule is COCC(O)CSC1CCCC(C)C1. The Morgan fingerprint density at radius 1 is 1.50 bits per heavy atom. The van der Waals surface area contributed by atoms with Gasteiger partial charge in [0.25, 0.3) is 0 Å². The second-order valence-electron chi connectivity index (χ2n) is 4.34. The van der Waals surface area contributed by atoms with Gasteiger partial charge in [0.15, 0.2) is 0 Å². The predicted octanol–water partition coefficient (Wildman–Crippen LogP) is 2.31. The quantitative estimate of drug-likeness (QED) is 0.768. The highest BCUT2D eigenvalue weighted by Gasteiger charge is 2.19. The van der Waals surface area contributed by atoms with Crippen molar-refractivity contribution in [1.29, 1.82) is 0 Å². The number of aliphatic hydroxyl groups is 1. The van der Waals surface area contributed by atoms with E-state index in [1.165, 1.54) is 25.7 Å². The zero-order valence-corrected chi connectivity index (χ0v) is 10.1. The molecular formula is C11H22O2S. The first-order valence-corrected chi connectivity index (χ1v) is 6.56. The van der Waals surface area contributed by atoms with Gasteiger partial charge >= 0.3 is 0 Å². The Balaban J connectivity index is 2.10. The van der Waals surface area contributed by atoms with Crippen LogP contribution in [0.4, 0.5) is 0 Å². The molecular weight excluding hydrogens is 196 g/mol. The summed E-state index contributed by atoms with van der Waals surface area (Å²) in [4.78, 5) is 0. The summed E-state index contributed by atoms with van der Waals surface area (Å²) in [5, 5.41) is 10.3. The number of methoxy groups -OCH3 is 1. The average Bonchev–Trinajstić information content (AvgIpc) is 2.15. The Hall–Kier alpha value is 0.270. The van der Waals surface area contributed by atoms with Gasteiger partial charge in [-0.1, -0.05) is 19.8 Å². The molecule has 1 rings (SSSR count). The Morgan fingerprint density at radius 3 is 2.93 bits per heavy atom. The van der Waals surface area contributed by atoms with Gasteiger partial charge in [0.05, 0.1) is 12.7 Å². The standard InChI is InChI=1S/C11H22O2S/c1-9-4-3-5-11(6-9)14-8-10(12)7-13-2/h9-12H,3-8H2,1-2H3. The van der Waals surface area contributed by atoms with E-state index in [2.05, 4.69) is 6.92 Å². The zero-order valence-electron chi connectivity index (χ0n) is 9.24. The Bertz CT molecular complexity index is 152. The second-order valence-corrected chi connectivity index (χ2v) is 5.67. The Kier molecular flexibility index (Phi) is 5.90. The van der Waals surface area contributed by atoms with Gasteiger partial charge in [0.1, 0.15) is 0 Å². The van der Waals surface area contributed by atoms with E-state index >= 15 is 0 Å². The molecule has 0 bridgehead atoms. The number of thioether (sulfide) groups is 1. The number of aliphatic hydroxyl groups excluding tert-OH is 1. The van der Waals surface area contributed by atoms with Crippen LogP contribution in [0.1, 0.15) is 32.6 Å². The van der Waals surface area contributed by atoms with Crippen molar-refractivity contribution in [2.45, 2.75) is 44.0 Å². The minimum absolute atomic E-state index is 0.290. The van der Waals surface area contributed by atoms with Crippen LogP contribution in [-0.2, 0) is 4.74 Å². The van der Waals surface area contributed by atoms with Gasteiger partial charge < -0.3 is 9.84 Å². The topological polar surface area (TPSA) is 29.5 Å². The van der Waals surface area contributed by atoms with E-state index in [0.29, 0.717) is 6.61 Å². The van der Waals surface area contributed by atoms with Gasteiger partial charge in [-0.25, -0.2) is 0 Å². The van der Waals surface area contributed by atoms with Crippen LogP contribution in [0.3, 0.4) is 0 Å². The maximum absolute atomic E-state index is 9.50. The van der Waals surface area contributed by atoms with Crippen LogP contribution in [0.5, 0.6) is 0 Å². The Labute approximate surface area is 91.4 Å². The average molecular weight is 218 g/mol. The van der Waals surface area contributed by atoms with Gasteiger partial charge in [-0.3, -0.25) is 0 Å². The highest BCUT2D eigenvalue weighted by atomic mass is 32.2. The second kappa shape index (κ2) is 6.70. The summed E-state index contributed by atoms with van der Waals surface area (Å²) in [6, 6.07) is 0. The first-order valence-electron chi connectivity index (χ1n) is 5.51.